The van der Waals surface area contributed by atoms with Crippen LogP contribution in [0.4, 0.5) is 0 Å². The monoisotopic (exact) mass is 223 g/mol. The van der Waals surface area contributed by atoms with Crippen molar-refractivity contribution in [1.82, 2.24) is 5.32 Å². The quantitative estimate of drug-likeness (QED) is 0.825. The predicted octanol–water partition coefficient (Wildman–Crippen LogP) is 2.38. The van der Waals surface area contributed by atoms with Crippen LogP contribution in [0.15, 0.2) is 24.3 Å². The lowest BCUT2D eigenvalue weighted by molar-refractivity contribution is 0.454. The van der Waals surface area contributed by atoms with E-state index in [1.54, 1.807) is 6.07 Å². The maximum Gasteiger partial charge on any atom is 0.120 e. The molecular weight excluding hydrogens is 206 g/mol. The van der Waals surface area contributed by atoms with Crippen molar-refractivity contribution >= 4 is 11.8 Å². The maximum absolute atomic E-state index is 9.61. The molecule has 1 aliphatic heterocycles. The molecule has 1 heterocycles. The van der Waals surface area contributed by atoms with Crippen molar-refractivity contribution in [3.8, 4) is 5.75 Å². The normalized spacial score (nSPS) is 25.7. The average Bonchev–Trinajstić information content (AvgIpc) is 2.63. The molecule has 0 spiro atoms. The molecule has 2 rings (SSSR count). The Labute approximate surface area is 95.1 Å². The maximum atomic E-state index is 9.61. The Hall–Kier alpha value is -0.670. The summed E-state index contributed by atoms with van der Waals surface area (Å²) >= 11 is 2.02. The second-order valence-electron chi connectivity index (χ2n) is 3.98. The molecule has 1 saturated heterocycles. The van der Waals surface area contributed by atoms with Crippen molar-refractivity contribution in [3.63, 3.8) is 0 Å². The van der Waals surface area contributed by atoms with Crippen LogP contribution in [0.25, 0.3) is 0 Å². The molecule has 2 nitrogen and oxygen atoms in total. The van der Waals surface area contributed by atoms with E-state index >= 15 is 0 Å². The number of hydrogen-bond donors (Lipinski definition) is 2. The van der Waals surface area contributed by atoms with E-state index in [4.69, 9.17) is 0 Å². The van der Waals surface area contributed by atoms with Crippen LogP contribution in [0, 0.1) is 0 Å². The number of thioether (sulfide) groups is 1. The van der Waals surface area contributed by atoms with Gasteiger partial charge in [0, 0.05) is 23.4 Å². The summed E-state index contributed by atoms with van der Waals surface area (Å²) in [5.41, 5.74) is 0.988. The second-order valence-corrected chi connectivity index (χ2v) is 5.47. The molecule has 1 aromatic carbocycles. The number of aromatic hydroxyl groups is 1. The van der Waals surface area contributed by atoms with Crippen LogP contribution in [0.3, 0.4) is 0 Å². The number of phenols is 1. The van der Waals surface area contributed by atoms with Crippen molar-refractivity contribution in [1.29, 1.82) is 0 Å². The first-order chi connectivity index (χ1) is 7.27. The van der Waals surface area contributed by atoms with Crippen LogP contribution >= 0.6 is 11.8 Å². The van der Waals surface area contributed by atoms with E-state index in [-0.39, 0.29) is 0 Å². The minimum absolute atomic E-state index is 0.392. The zero-order valence-electron chi connectivity index (χ0n) is 8.94. The fraction of sp³-hybridized carbons (Fsp3) is 0.500. The standard InChI is InChI=1S/C12H17NOS/c1-9-11(6-7-15-9)13-8-10-4-2-3-5-12(10)14/h2-5,9,11,13-14H,6-8H2,1H3. The number of hydrogen-bond acceptors (Lipinski definition) is 3. The molecule has 0 radical (unpaired) electrons. The van der Waals surface area contributed by atoms with Crippen LogP contribution in [0.5, 0.6) is 5.75 Å². The smallest absolute Gasteiger partial charge is 0.120 e. The topological polar surface area (TPSA) is 32.3 Å². The van der Waals surface area contributed by atoms with Gasteiger partial charge in [0.05, 0.1) is 0 Å². The number of nitrogens with one attached hydrogen (secondary N) is 1. The summed E-state index contributed by atoms with van der Waals surface area (Å²) in [4.78, 5) is 0. The molecule has 1 fully saturated rings. The third kappa shape index (κ3) is 2.67. The van der Waals surface area contributed by atoms with Crippen molar-refractivity contribution in [2.45, 2.75) is 31.2 Å². The molecule has 15 heavy (non-hydrogen) atoms. The van der Waals surface area contributed by atoms with Crippen LogP contribution in [-0.4, -0.2) is 22.2 Å². The van der Waals surface area contributed by atoms with Crippen molar-refractivity contribution in [2.24, 2.45) is 0 Å². The van der Waals surface area contributed by atoms with Gasteiger partial charge in [-0.2, -0.15) is 11.8 Å². The lowest BCUT2D eigenvalue weighted by atomic mass is 10.1. The van der Waals surface area contributed by atoms with Crippen molar-refractivity contribution in [3.05, 3.63) is 29.8 Å². The Morgan fingerprint density at radius 1 is 1.47 bits per heavy atom. The summed E-state index contributed by atoms with van der Waals surface area (Å²) < 4.78 is 0. The Kier molecular flexibility index (Phi) is 3.54. The lowest BCUT2D eigenvalue weighted by Crippen LogP contribution is -2.32. The number of para-hydroxylation sites is 1. The van der Waals surface area contributed by atoms with E-state index in [1.807, 2.05) is 30.0 Å². The van der Waals surface area contributed by atoms with Gasteiger partial charge in [0.25, 0.3) is 0 Å². The van der Waals surface area contributed by atoms with Gasteiger partial charge >= 0.3 is 0 Å². The average molecular weight is 223 g/mol. The van der Waals surface area contributed by atoms with Crippen LogP contribution < -0.4 is 5.32 Å². The van der Waals surface area contributed by atoms with Gasteiger partial charge in [0.15, 0.2) is 0 Å². The largest absolute Gasteiger partial charge is 0.508 e. The van der Waals surface area contributed by atoms with Gasteiger partial charge in [0.1, 0.15) is 5.75 Å². The molecule has 1 aromatic rings. The molecule has 2 N–H and O–H groups in total. The number of benzene rings is 1. The van der Waals surface area contributed by atoms with Crippen LogP contribution in [0.1, 0.15) is 18.9 Å². The summed E-state index contributed by atoms with van der Waals surface area (Å²) in [6.07, 6.45) is 1.24. The molecule has 2 unspecified atom stereocenters. The SMILES string of the molecule is CC1SCCC1NCc1ccccc1O. The zero-order chi connectivity index (χ0) is 10.7. The molecule has 0 saturated carbocycles. The third-order valence-corrected chi connectivity index (χ3v) is 4.25. The highest BCUT2D eigenvalue weighted by Gasteiger charge is 2.23. The summed E-state index contributed by atoms with van der Waals surface area (Å²) in [5.74, 6) is 1.64. The first-order valence-corrected chi connectivity index (χ1v) is 6.44. The van der Waals surface area contributed by atoms with Crippen LogP contribution in [-0.2, 0) is 6.54 Å². The fourth-order valence-electron chi connectivity index (χ4n) is 1.90. The van der Waals surface area contributed by atoms with Gasteiger partial charge in [-0.1, -0.05) is 25.1 Å². The van der Waals surface area contributed by atoms with E-state index in [9.17, 15) is 5.11 Å². The Bertz CT molecular complexity index is 329. The van der Waals surface area contributed by atoms with E-state index in [0.717, 1.165) is 12.1 Å². The van der Waals surface area contributed by atoms with E-state index in [2.05, 4.69) is 12.2 Å². The van der Waals surface area contributed by atoms with Gasteiger partial charge in [-0.15, -0.1) is 0 Å². The summed E-state index contributed by atoms with van der Waals surface area (Å²) in [6, 6.07) is 8.12. The first-order valence-electron chi connectivity index (χ1n) is 5.39. The molecular formula is C12H17NOS. The summed E-state index contributed by atoms with van der Waals surface area (Å²) in [7, 11) is 0. The molecule has 2 atom stereocenters. The van der Waals surface area contributed by atoms with E-state index in [1.165, 1.54) is 12.2 Å². The van der Waals surface area contributed by atoms with Crippen LogP contribution in [0.2, 0.25) is 0 Å². The molecule has 3 heteroatoms. The Balaban J connectivity index is 1.90. The van der Waals surface area contributed by atoms with Gasteiger partial charge in [-0.25, -0.2) is 0 Å². The minimum atomic E-state index is 0.392. The molecule has 0 bridgehead atoms. The van der Waals surface area contributed by atoms with Gasteiger partial charge < -0.3 is 10.4 Å². The molecule has 82 valence electrons. The number of phenolic OH excluding ortho intramolecular Hbond substituents is 1. The number of rotatable bonds is 3. The molecule has 1 aliphatic rings. The summed E-state index contributed by atoms with van der Waals surface area (Å²) in [6.45, 7) is 3.03. The minimum Gasteiger partial charge on any atom is -0.508 e. The van der Waals surface area contributed by atoms with E-state index in [0.29, 0.717) is 17.0 Å². The third-order valence-electron chi connectivity index (χ3n) is 2.92. The highest BCUT2D eigenvalue weighted by Crippen LogP contribution is 2.26. The van der Waals surface area contributed by atoms with E-state index < -0.39 is 0 Å². The molecule has 0 aliphatic carbocycles. The van der Waals surface area contributed by atoms with Gasteiger partial charge in [0.2, 0.25) is 0 Å². The van der Waals surface area contributed by atoms with Crippen molar-refractivity contribution < 1.29 is 5.11 Å². The Morgan fingerprint density at radius 2 is 2.27 bits per heavy atom. The van der Waals surface area contributed by atoms with Gasteiger partial charge in [-0.3, -0.25) is 0 Å². The summed E-state index contributed by atoms with van der Waals surface area (Å²) in [5, 5.41) is 13.8. The van der Waals surface area contributed by atoms with Crippen molar-refractivity contribution in [2.75, 3.05) is 5.75 Å². The lowest BCUT2D eigenvalue weighted by Gasteiger charge is -2.16. The molecule has 0 amide bonds. The second kappa shape index (κ2) is 4.90. The Morgan fingerprint density at radius 3 is 2.93 bits per heavy atom. The molecule has 0 aromatic heterocycles. The zero-order valence-corrected chi connectivity index (χ0v) is 9.76. The predicted molar refractivity (Wildman–Crippen MR) is 65.3 cm³/mol. The highest BCUT2D eigenvalue weighted by molar-refractivity contribution is 8.00. The first kappa shape index (κ1) is 10.8. The fourth-order valence-corrected chi connectivity index (χ4v) is 3.13. The highest BCUT2D eigenvalue weighted by atomic mass is 32.2. The van der Waals surface area contributed by atoms with Gasteiger partial charge in [-0.05, 0) is 18.2 Å².